The van der Waals surface area contributed by atoms with E-state index in [-0.39, 0.29) is 17.8 Å². The van der Waals surface area contributed by atoms with Gasteiger partial charge in [0.1, 0.15) is 0 Å². The molecule has 0 fully saturated rings. The Morgan fingerprint density at radius 3 is 2.38 bits per heavy atom. The molecule has 2 aromatic carbocycles. The molecule has 1 unspecified atom stereocenters. The van der Waals surface area contributed by atoms with Gasteiger partial charge in [-0.3, -0.25) is 4.79 Å². The Balaban J connectivity index is 1.99. The third-order valence-corrected chi connectivity index (χ3v) is 5.05. The van der Waals surface area contributed by atoms with Crippen LogP contribution in [0.15, 0.2) is 54.6 Å². The van der Waals surface area contributed by atoms with Crippen LogP contribution in [-0.2, 0) is 6.42 Å². The first-order valence-electron chi connectivity index (χ1n) is 10.5. The molecule has 1 heterocycles. The van der Waals surface area contributed by atoms with Gasteiger partial charge in [0.2, 0.25) is 0 Å². The largest absolute Gasteiger partial charge is 0.462 e. The van der Waals surface area contributed by atoms with E-state index in [1.807, 2.05) is 49.4 Å². The predicted molar refractivity (Wildman–Crippen MR) is 115 cm³/mol. The van der Waals surface area contributed by atoms with E-state index in [9.17, 15) is 4.79 Å². The Bertz CT molecular complexity index is 917. The van der Waals surface area contributed by atoms with E-state index in [0.717, 1.165) is 30.4 Å². The molecule has 1 aromatic heterocycles. The fourth-order valence-electron chi connectivity index (χ4n) is 3.28. The van der Waals surface area contributed by atoms with E-state index in [0.29, 0.717) is 18.9 Å². The van der Waals surface area contributed by atoms with Gasteiger partial charge < -0.3 is 4.74 Å². The van der Waals surface area contributed by atoms with Gasteiger partial charge in [0.15, 0.2) is 5.82 Å². The van der Waals surface area contributed by atoms with Crippen LogP contribution in [0.5, 0.6) is 6.01 Å². The molecule has 0 spiro atoms. The molecule has 0 aliphatic rings. The Hall–Kier alpha value is -2.95. The van der Waals surface area contributed by atoms with Crippen LogP contribution < -0.4 is 4.74 Å². The maximum absolute atomic E-state index is 13.4. The number of aromatic nitrogens is 3. The minimum atomic E-state index is -0.282. The Morgan fingerprint density at radius 2 is 1.76 bits per heavy atom. The Labute approximate surface area is 172 Å². The molecule has 0 saturated heterocycles. The highest BCUT2D eigenvalue weighted by molar-refractivity contribution is 5.88. The van der Waals surface area contributed by atoms with Gasteiger partial charge in [-0.1, -0.05) is 81.8 Å². The molecule has 0 amide bonds. The number of rotatable bonds is 9. The van der Waals surface area contributed by atoms with Gasteiger partial charge in [-0.15, -0.1) is 5.10 Å². The molecule has 0 N–H and O–H groups in total. The standard InChI is InChI=1S/C24H29N3O2/c1-4-7-17-29-24-25-22(20-15-13-18(5-2)14-16-20)27(26-24)23(28)21(6-3)19-11-9-8-10-12-19/h8-16,21H,4-7,17H2,1-3H3. The molecule has 0 radical (unpaired) electrons. The number of aryl methyl sites for hydroxylation is 1. The average Bonchev–Trinajstić information content (AvgIpc) is 3.19. The first-order chi connectivity index (χ1) is 14.2. The average molecular weight is 392 g/mol. The number of nitrogens with zero attached hydrogens (tertiary/aromatic N) is 3. The molecular formula is C24H29N3O2. The number of hydrogen-bond donors (Lipinski definition) is 0. The van der Waals surface area contributed by atoms with Crippen LogP contribution in [0.1, 0.15) is 61.9 Å². The normalized spacial score (nSPS) is 12.0. The summed E-state index contributed by atoms with van der Waals surface area (Å²) in [5.74, 6) is 0.152. The fraction of sp³-hybridized carbons (Fsp3) is 0.375. The lowest BCUT2D eigenvalue weighted by atomic mass is 9.95. The third-order valence-electron chi connectivity index (χ3n) is 5.05. The molecule has 0 saturated carbocycles. The van der Waals surface area contributed by atoms with Crippen molar-refractivity contribution in [2.24, 2.45) is 0 Å². The van der Waals surface area contributed by atoms with E-state index >= 15 is 0 Å². The highest BCUT2D eigenvalue weighted by atomic mass is 16.5. The zero-order valence-electron chi connectivity index (χ0n) is 17.5. The van der Waals surface area contributed by atoms with Crippen molar-refractivity contribution in [3.8, 4) is 17.4 Å². The van der Waals surface area contributed by atoms with Gasteiger partial charge in [-0.2, -0.15) is 9.67 Å². The summed E-state index contributed by atoms with van der Waals surface area (Å²) in [6.07, 6.45) is 3.59. The second-order valence-electron chi connectivity index (χ2n) is 7.09. The number of carbonyl (C=O) groups excluding carboxylic acids is 1. The van der Waals surface area contributed by atoms with Crippen LogP contribution in [0.4, 0.5) is 0 Å². The summed E-state index contributed by atoms with van der Waals surface area (Å²) in [5, 5.41) is 4.43. The zero-order chi connectivity index (χ0) is 20.6. The van der Waals surface area contributed by atoms with Crippen molar-refractivity contribution in [3.63, 3.8) is 0 Å². The van der Waals surface area contributed by atoms with Crippen LogP contribution in [0.2, 0.25) is 0 Å². The summed E-state index contributed by atoms with van der Waals surface area (Å²) in [7, 11) is 0. The van der Waals surface area contributed by atoms with Crippen molar-refractivity contribution in [2.75, 3.05) is 6.61 Å². The molecule has 5 nitrogen and oxygen atoms in total. The highest BCUT2D eigenvalue weighted by Gasteiger charge is 2.26. The first kappa shape index (κ1) is 20.8. The summed E-state index contributed by atoms with van der Waals surface area (Å²) in [6, 6.07) is 18.2. The van der Waals surface area contributed by atoms with Gasteiger partial charge in [0.25, 0.3) is 5.91 Å². The molecule has 0 aliphatic heterocycles. The monoisotopic (exact) mass is 391 g/mol. The number of hydrogen-bond acceptors (Lipinski definition) is 4. The van der Waals surface area contributed by atoms with Crippen molar-refractivity contribution in [3.05, 3.63) is 65.7 Å². The van der Waals surface area contributed by atoms with Gasteiger partial charge >= 0.3 is 6.01 Å². The number of unbranched alkanes of at least 4 members (excludes halogenated alkanes) is 1. The second kappa shape index (κ2) is 10.0. The second-order valence-corrected chi connectivity index (χ2v) is 7.09. The van der Waals surface area contributed by atoms with E-state index in [2.05, 4.69) is 36.1 Å². The number of carbonyl (C=O) groups is 1. The van der Waals surface area contributed by atoms with Crippen LogP contribution >= 0.6 is 0 Å². The minimum Gasteiger partial charge on any atom is -0.462 e. The Kier molecular flexibility index (Phi) is 7.17. The Morgan fingerprint density at radius 1 is 1.03 bits per heavy atom. The van der Waals surface area contributed by atoms with E-state index in [1.165, 1.54) is 10.2 Å². The quantitative estimate of drug-likeness (QED) is 0.451. The first-order valence-corrected chi connectivity index (χ1v) is 10.5. The van der Waals surface area contributed by atoms with Crippen LogP contribution in [0.3, 0.4) is 0 Å². The molecule has 5 heteroatoms. The predicted octanol–water partition coefficient (Wildman–Crippen LogP) is 5.52. The molecule has 1 atom stereocenters. The number of ether oxygens (including phenoxy) is 1. The van der Waals surface area contributed by atoms with Crippen molar-refractivity contribution in [1.82, 2.24) is 14.8 Å². The molecule has 29 heavy (non-hydrogen) atoms. The van der Waals surface area contributed by atoms with E-state index in [1.54, 1.807) is 0 Å². The molecule has 3 rings (SSSR count). The molecule has 152 valence electrons. The molecule has 3 aromatic rings. The molecule has 0 bridgehead atoms. The summed E-state index contributed by atoms with van der Waals surface area (Å²) < 4.78 is 7.13. The van der Waals surface area contributed by atoms with Gasteiger partial charge in [-0.25, -0.2) is 0 Å². The third kappa shape index (κ3) is 4.91. The maximum atomic E-state index is 13.4. The number of benzene rings is 2. The molecule has 0 aliphatic carbocycles. The van der Waals surface area contributed by atoms with Crippen LogP contribution in [0.25, 0.3) is 11.4 Å². The topological polar surface area (TPSA) is 57.0 Å². The van der Waals surface area contributed by atoms with Gasteiger partial charge in [0.05, 0.1) is 12.5 Å². The zero-order valence-corrected chi connectivity index (χ0v) is 17.5. The summed E-state index contributed by atoms with van der Waals surface area (Å²) >= 11 is 0. The van der Waals surface area contributed by atoms with Crippen LogP contribution in [0, 0.1) is 0 Å². The lowest BCUT2D eigenvalue weighted by Gasteiger charge is -2.15. The smallest absolute Gasteiger partial charge is 0.336 e. The van der Waals surface area contributed by atoms with Gasteiger partial charge in [0, 0.05) is 5.56 Å². The van der Waals surface area contributed by atoms with Crippen molar-refractivity contribution in [2.45, 2.75) is 52.4 Å². The summed E-state index contributed by atoms with van der Waals surface area (Å²) in [4.78, 5) is 18.0. The lowest BCUT2D eigenvalue weighted by molar-refractivity contribution is 0.0858. The lowest BCUT2D eigenvalue weighted by Crippen LogP contribution is -2.22. The highest BCUT2D eigenvalue weighted by Crippen LogP contribution is 2.26. The van der Waals surface area contributed by atoms with Crippen molar-refractivity contribution >= 4 is 5.91 Å². The maximum Gasteiger partial charge on any atom is 0.336 e. The summed E-state index contributed by atoms with van der Waals surface area (Å²) in [6.45, 7) is 6.78. The fourth-order valence-corrected chi connectivity index (χ4v) is 3.28. The minimum absolute atomic E-state index is 0.0916. The summed E-state index contributed by atoms with van der Waals surface area (Å²) in [5.41, 5.74) is 3.08. The molecular weight excluding hydrogens is 362 g/mol. The SMILES string of the molecule is CCCCOc1nc(-c2ccc(CC)cc2)n(C(=O)C(CC)c2ccccc2)n1. The van der Waals surface area contributed by atoms with Crippen molar-refractivity contribution < 1.29 is 9.53 Å². The van der Waals surface area contributed by atoms with Crippen LogP contribution in [-0.4, -0.2) is 27.3 Å². The van der Waals surface area contributed by atoms with E-state index < -0.39 is 0 Å². The van der Waals surface area contributed by atoms with Gasteiger partial charge in [-0.05, 0) is 30.4 Å². The van der Waals surface area contributed by atoms with E-state index in [4.69, 9.17) is 4.74 Å². The van der Waals surface area contributed by atoms with Crippen molar-refractivity contribution in [1.29, 1.82) is 0 Å².